The Morgan fingerprint density at radius 2 is 1.69 bits per heavy atom. The van der Waals surface area contributed by atoms with Gasteiger partial charge in [-0.3, -0.25) is 14.5 Å². The van der Waals surface area contributed by atoms with Gasteiger partial charge in [-0.15, -0.1) is 0 Å². The topological polar surface area (TPSA) is 66.8 Å². The van der Waals surface area contributed by atoms with Crippen molar-refractivity contribution in [2.75, 3.05) is 12.0 Å². The van der Waals surface area contributed by atoms with Crippen LogP contribution >= 0.6 is 0 Å². The first-order valence-electron chi connectivity index (χ1n) is 10.9. The highest BCUT2D eigenvalue weighted by molar-refractivity contribution is 6.51. The number of hydrogen-bond acceptors (Lipinski definition) is 4. The molecular formula is C27H22F3NO4. The second kappa shape index (κ2) is 9.29. The first kappa shape index (κ1) is 24.1. The van der Waals surface area contributed by atoms with E-state index < -0.39 is 35.2 Å². The number of Topliss-reactive ketones (excluding diaryl/α,β-unsaturated/α-hetero) is 1. The number of aryl methyl sites for hydroxylation is 1. The van der Waals surface area contributed by atoms with Crippen LogP contribution in [-0.4, -0.2) is 23.9 Å². The number of hydrogen-bond donors (Lipinski definition) is 1. The van der Waals surface area contributed by atoms with E-state index in [1.165, 1.54) is 19.2 Å². The molecule has 1 aliphatic heterocycles. The van der Waals surface area contributed by atoms with Crippen molar-refractivity contribution in [1.29, 1.82) is 0 Å². The second-order valence-corrected chi connectivity index (χ2v) is 8.04. The molecule has 0 spiro atoms. The van der Waals surface area contributed by atoms with Crippen LogP contribution in [0.25, 0.3) is 5.76 Å². The molecule has 1 heterocycles. The molecule has 0 radical (unpaired) electrons. The molecule has 1 amide bonds. The molecule has 3 aromatic carbocycles. The van der Waals surface area contributed by atoms with Crippen molar-refractivity contribution in [3.8, 4) is 5.75 Å². The predicted octanol–water partition coefficient (Wildman–Crippen LogP) is 5.90. The molecule has 5 nitrogen and oxygen atoms in total. The number of amides is 1. The quantitative estimate of drug-likeness (QED) is 0.280. The molecule has 35 heavy (non-hydrogen) atoms. The van der Waals surface area contributed by atoms with Crippen molar-refractivity contribution in [3.63, 3.8) is 0 Å². The summed E-state index contributed by atoms with van der Waals surface area (Å²) in [4.78, 5) is 27.3. The molecular weight excluding hydrogens is 459 g/mol. The lowest BCUT2D eigenvalue weighted by atomic mass is 9.94. The second-order valence-electron chi connectivity index (χ2n) is 8.04. The Morgan fingerprint density at radius 3 is 2.31 bits per heavy atom. The number of benzene rings is 3. The minimum Gasteiger partial charge on any atom is -0.507 e. The fourth-order valence-electron chi connectivity index (χ4n) is 4.11. The lowest BCUT2D eigenvalue weighted by Crippen LogP contribution is -2.29. The number of ketones is 1. The molecule has 1 fully saturated rings. The van der Waals surface area contributed by atoms with Crippen LogP contribution in [0.4, 0.5) is 18.9 Å². The Kier molecular flexibility index (Phi) is 6.39. The summed E-state index contributed by atoms with van der Waals surface area (Å²) in [6.07, 6.45) is -3.87. The summed E-state index contributed by atoms with van der Waals surface area (Å²) in [5.41, 5.74) is 0.427. The van der Waals surface area contributed by atoms with Crippen molar-refractivity contribution in [2.24, 2.45) is 0 Å². The van der Waals surface area contributed by atoms with Crippen LogP contribution < -0.4 is 9.64 Å². The summed E-state index contributed by atoms with van der Waals surface area (Å²) in [7, 11) is 1.44. The molecule has 3 aromatic rings. The lowest BCUT2D eigenvalue weighted by molar-refractivity contribution is -0.137. The number of nitrogens with zero attached hydrogens (tertiary/aromatic N) is 1. The van der Waals surface area contributed by atoms with Gasteiger partial charge in [0.1, 0.15) is 11.5 Å². The maximum Gasteiger partial charge on any atom is 0.416 e. The molecule has 0 aliphatic carbocycles. The standard InChI is InChI=1S/C27H22F3NO4/c1-3-16-10-12-17(13-11-16)24(32)22-23(18-6-4-9-21(14-18)35-2)31(26(34)25(22)33)20-8-5-7-19(15-20)27(28,29)30/h4-15,23,32H,3H2,1-2H3/b24-22+. The number of aliphatic hydroxyl groups is 1. The fraction of sp³-hybridized carbons (Fsp3) is 0.185. The third-order valence-corrected chi connectivity index (χ3v) is 5.94. The smallest absolute Gasteiger partial charge is 0.416 e. The van der Waals surface area contributed by atoms with Gasteiger partial charge in [0.25, 0.3) is 11.7 Å². The fourth-order valence-corrected chi connectivity index (χ4v) is 4.11. The summed E-state index contributed by atoms with van der Waals surface area (Å²) in [6.45, 7) is 1.97. The monoisotopic (exact) mass is 481 g/mol. The Labute approximate surface area is 200 Å². The number of aliphatic hydroxyl groups excluding tert-OH is 1. The summed E-state index contributed by atoms with van der Waals surface area (Å²) in [5.74, 6) is -2.02. The van der Waals surface area contributed by atoms with Crippen LogP contribution in [0, 0.1) is 0 Å². The maximum atomic E-state index is 13.4. The van der Waals surface area contributed by atoms with Crippen LogP contribution in [0.1, 0.15) is 35.2 Å². The van der Waals surface area contributed by atoms with E-state index >= 15 is 0 Å². The number of anilines is 1. The maximum absolute atomic E-state index is 13.4. The van der Waals surface area contributed by atoms with Crippen molar-refractivity contribution in [3.05, 3.63) is 101 Å². The molecule has 1 aliphatic rings. The number of alkyl halides is 3. The van der Waals surface area contributed by atoms with Gasteiger partial charge in [-0.25, -0.2) is 0 Å². The SMILES string of the molecule is CCc1ccc(/C(O)=C2\C(=O)C(=O)N(c3cccc(C(F)(F)F)c3)C2c2cccc(OC)c2)cc1. The summed E-state index contributed by atoms with van der Waals surface area (Å²) >= 11 is 0. The highest BCUT2D eigenvalue weighted by Gasteiger charge is 2.47. The first-order valence-corrected chi connectivity index (χ1v) is 10.9. The minimum atomic E-state index is -4.64. The van der Waals surface area contributed by atoms with E-state index in [2.05, 4.69) is 0 Å². The Balaban J connectivity index is 1.94. The van der Waals surface area contributed by atoms with Crippen LogP contribution in [-0.2, 0) is 22.2 Å². The summed E-state index contributed by atoms with van der Waals surface area (Å²) in [6, 6.07) is 16.4. The highest BCUT2D eigenvalue weighted by Crippen LogP contribution is 2.44. The van der Waals surface area contributed by atoms with E-state index in [0.29, 0.717) is 16.9 Å². The number of halogens is 3. The zero-order valence-electron chi connectivity index (χ0n) is 19.0. The Bertz CT molecular complexity index is 1310. The average Bonchev–Trinajstić information content (AvgIpc) is 3.13. The zero-order chi connectivity index (χ0) is 25.3. The van der Waals surface area contributed by atoms with Crippen LogP contribution in [0.5, 0.6) is 5.75 Å². The average molecular weight is 481 g/mol. The largest absolute Gasteiger partial charge is 0.507 e. The molecule has 0 aromatic heterocycles. The van der Waals surface area contributed by atoms with Gasteiger partial charge in [0.05, 0.1) is 24.3 Å². The number of methoxy groups -OCH3 is 1. The van der Waals surface area contributed by atoms with Gasteiger partial charge in [-0.1, -0.05) is 49.4 Å². The zero-order valence-corrected chi connectivity index (χ0v) is 19.0. The number of ether oxygens (including phenoxy) is 1. The lowest BCUT2D eigenvalue weighted by Gasteiger charge is -2.26. The van der Waals surface area contributed by atoms with Crippen LogP contribution in [0.15, 0.2) is 78.4 Å². The molecule has 1 saturated heterocycles. The van der Waals surface area contributed by atoms with E-state index in [4.69, 9.17) is 4.74 Å². The number of carbonyl (C=O) groups is 2. The van der Waals surface area contributed by atoms with E-state index in [0.717, 1.165) is 29.0 Å². The molecule has 4 rings (SSSR count). The Morgan fingerprint density at radius 1 is 1.00 bits per heavy atom. The molecule has 0 bridgehead atoms. The van der Waals surface area contributed by atoms with Gasteiger partial charge in [0.15, 0.2) is 0 Å². The number of rotatable bonds is 5. The van der Waals surface area contributed by atoms with E-state index in [1.807, 2.05) is 6.92 Å². The molecule has 1 N–H and O–H groups in total. The first-order chi connectivity index (χ1) is 16.7. The van der Waals surface area contributed by atoms with Gasteiger partial charge in [-0.05, 0) is 47.9 Å². The summed E-state index contributed by atoms with van der Waals surface area (Å²) in [5, 5.41) is 11.1. The van der Waals surface area contributed by atoms with Gasteiger partial charge >= 0.3 is 6.18 Å². The van der Waals surface area contributed by atoms with Crippen molar-refractivity contribution < 1.29 is 32.6 Å². The van der Waals surface area contributed by atoms with Crippen LogP contribution in [0.2, 0.25) is 0 Å². The van der Waals surface area contributed by atoms with E-state index in [-0.39, 0.29) is 11.3 Å². The summed E-state index contributed by atoms with van der Waals surface area (Å²) < 4.78 is 45.5. The molecule has 8 heteroatoms. The minimum absolute atomic E-state index is 0.116. The van der Waals surface area contributed by atoms with Crippen molar-refractivity contribution in [2.45, 2.75) is 25.6 Å². The van der Waals surface area contributed by atoms with E-state index in [9.17, 15) is 27.9 Å². The normalized spacial score (nSPS) is 17.6. The highest BCUT2D eigenvalue weighted by atomic mass is 19.4. The third kappa shape index (κ3) is 4.51. The van der Waals surface area contributed by atoms with Gasteiger partial charge in [0, 0.05) is 11.3 Å². The predicted molar refractivity (Wildman–Crippen MR) is 125 cm³/mol. The third-order valence-electron chi connectivity index (χ3n) is 5.94. The molecule has 1 atom stereocenters. The van der Waals surface area contributed by atoms with E-state index in [1.54, 1.807) is 48.5 Å². The van der Waals surface area contributed by atoms with Crippen LogP contribution in [0.3, 0.4) is 0 Å². The van der Waals surface area contributed by atoms with Gasteiger partial charge in [0.2, 0.25) is 0 Å². The van der Waals surface area contributed by atoms with Gasteiger partial charge in [-0.2, -0.15) is 13.2 Å². The Hall–Kier alpha value is -4.07. The molecule has 0 saturated carbocycles. The molecule has 180 valence electrons. The van der Waals surface area contributed by atoms with Crippen molar-refractivity contribution >= 4 is 23.1 Å². The molecule has 1 unspecified atom stereocenters. The number of carbonyl (C=O) groups excluding carboxylic acids is 2. The van der Waals surface area contributed by atoms with Gasteiger partial charge < -0.3 is 9.84 Å². The van der Waals surface area contributed by atoms with Crippen molar-refractivity contribution in [1.82, 2.24) is 0 Å².